The van der Waals surface area contributed by atoms with Crippen molar-refractivity contribution in [1.29, 1.82) is 0 Å². The Bertz CT molecular complexity index is 337. The highest BCUT2D eigenvalue weighted by Gasteiger charge is 2.05. The van der Waals surface area contributed by atoms with Crippen molar-refractivity contribution in [3.63, 3.8) is 0 Å². The van der Waals surface area contributed by atoms with Gasteiger partial charge in [-0.25, -0.2) is 9.63 Å². The highest BCUT2D eigenvalue weighted by Crippen LogP contribution is 2.12. The molecule has 1 aromatic carbocycles. The lowest BCUT2D eigenvalue weighted by molar-refractivity contribution is 0.118. The SMILES string of the molecule is Cc1cc(C)cc(S(=O)ONNCO)c1. The summed E-state index contributed by atoms with van der Waals surface area (Å²) >= 11 is -1.59. The molecule has 1 aromatic rings. The Morgan fingerprint density at radius 3 is 2.47 bits per heavy atom. The van der Waals surface area contributed by atoms with Crippen LogP contribution in [0.5, 0.6) is 0 Å². The summed E-state index contributed by atoms with van der Waals surface area (Å²) in [6, 6.07) is 5.55. The van der Waals surface area contributed by atoms with Crippen LogP contribution < -0.4 is 11.0 Å². The quantitative estimate of drug-likeness (QED) is 0.385. The molecule has 1 rings (SSSR count). The van der Waals surface area contributed by atoms with E-state index >= 15 is 0 Å². The number of hydrazine groups is 1. The van der Waals surface area contributed by atoms with Gasteiger partial charge in [0.05, 0.1) is 4.90 Å². The fourth-order valence-electron chi connectivity index (χ4n) is 1.18. The second-order valence-electron chi connectivity index (χ2n) is 3.08. The molecule has 0 aromatic heterocycles. The van der Waals surface area contributed by atoms with Crippen molar-refractivity contribution in [2.45, 2.75) is 18.7 Å². The maximum Gasteiger partial charge on any atom is 0.207 e. The first-order valence-corrected chi connectivity index (χ1v) is 5.47. The monoisotopic (exact) mass is 230 g/mol. The topological polar surface area (TPSA) is 70.6 Å². The highest BCUT2D eigenvalue weighted by atomic mass is 32.2. The summed E-state index contributed by atoms with van der Waals surface area (Å²) in [5.41, 5.74) is 6.49. The van der Waals surface area contributed by atoms with Crippen molar-refractivity contribution in [2.75, 3.05) is 6.73 Å². The lowest BCUT2D eigenvalue weighted by atomic mass is 10.2. The van der Waals surface area contributed by atoms with E-state index in [0.29, 0.717) is 4.90 Å². The van der Waals surface area contributed by atoms with Gasteiger partial charge in [-0.1, -0.05) is 6.07 Å². The average molecular weight is 230 g/mol. The first-order valence-electron chi connectivity index (χ1n) is 4.39. The summed E-state index contributed by atoms with van der Waals surface area (Å²) in [6.07, 6.45) is 0. The third kappa shape index (κ3) is 4.06. The first-order chi connectivity index (χ1) is 7.13. The normalized spacial score (nSPS) is 12.7. The van der Waals surface area contributed by atoms with Crippen LogP contribution in [0.2, 0.25) is 0 Å². The zero-order valence-corrected chi connectivity index (χ0v) is 9.43. The van der Waals surface area contributed by atoms with Crippen molar-refractivity contribution < 1.29 is 13.6 Å². The smallest absolute Gasteiger partial charge is 0.207 e. The third-order valence-corrected chi connectivity index (χ3v) is 2.51. The Labute approximate surface area is 91.0 Å². The van der Waals surface area contributed by atoms with Gasteiger partial charge in [-0.3, -0.25) is 0 Å². The molecule has 0 aliphatic heterocycles. The zero-order valence-electron chi connectivity index (χ0n) is 8.61. The largest absolute Gasteiger partial charge is 0.380 e. The summed E-state index contributed by atoms with van der Waals surface area (Å²) in [6.45, 7) is 3.55. The third-order valence-electron chi connectivity index (χ3n) is 1.66. The van der Waals surface area contributed by atoms with E-state index in [1.165, 1.54) is 0 Å². The molecule has 0 bridgehead atoms. The highest BCUT2D eigenvalue weighted by molar-refractivity contribution is 7.80. The molecule has 15 heavy (non-hydrogen) atoms. The van der Waals surface area contributed by atoms with Gasteiger partial charge < -0.3 is 5.11 Å². The summed E-state index contributed by atoms with van der Waals surface area (Å²) in [5, 5.41) is 8.39. The molecule has 0 saturated carbocycles. The summed E-state index contributed by atoms with van der Waals surface area (Å²) in [7, 11) is 0. The van der Waals surface area contributed by atoms with E-state index < -0.39 is 11.1 Å². The van der Waals surface area contributed by atoms with Gasteiger partial charge in [-0.2, -0.15) is 4.28 Å². The second-order valence-corrected chi connectivity index (χ2v) is 4.19. The number of aliphatic hydroxyl groups excluding tert-OH is 1. The van der Waals surface area contributed by atoms with Gasteiger partial charge in [0.1, 0.15) is 6.73 Å². The minimum Gasteiger partial charge on any atom is -0.380 e. The maximum atomic E-state index is 11.5. The molecule has 0 spiro atoms. The molecule has 1 unspecified atom stereocenters. The molecule has 1 atom stereocenters. The molecule has 84 valence electrons. The summed E-state index contributed by atoms with van der Waals surface area (Å²) in [4.78, 5) is 0.583. The Kier molecular flexibility index (Phi) is 4.86. The van der Waals surface area contributed by atoms with E-state index in [1.54, 1.807) is 12.1 Å². The number of hydrogen-bond donors (Lipinski definition) is 3. The number of hydrogen-bond acceptors (Lipinski definition) is 5. The van der Waals surface area contributed by atoms with Crippen molar-refractivity contribution in [2.24, 2.45) is 0 Å². The van der Waals surface area contributed by atoms with E-state index in [4.69, 9.17) is 9.39 Å². The molecule has 5 nitrogen and oxygen atoms in total. The van der Waals surface area contributed by atoms with Gasteiger partial charge in [0.2, 0.25) is 11.1 Å². The van der Waals surface area contributed by atoms with Gasteiger partial charge in [-0.05, 0) is 37.1 Å². The molecule has 0 saturated heterocycles. The van der Waals surface area contributed by atoms with Crippen molar-refractivity contribution in [3.8, 4) is 0 Å². The van der Waals surface area contributed by atoms with Crippen molar-refractivity contribution >= 4 is 11.1 Å². The van der Waals surface area contributed by atoms with Crippen LogP contribution in [-0.4, -0.2) is 16.0 Å². The van der Waals surface area contributed by atoms with Gasteiger partial charge in [0.15, 0.2) is 0 Å². The standard InChI is InChI=1S/C9H14N2O3S/c1-7-3-8(2)5-9(4-7)15(13)14-11-10-6-12/h3-5,10-12H,6H2,1-2H3. The Hall–Kier alpha value is -0.790. The predicted octanol–water partition coefficient (Wildman–Crippen LogP) is 0.302. The maximum absolute atomic E-state index is 11.5. The first kappa shape index (κ1) is 12.3. The molecule has 0 radical (unpaired) electrons. The molecular formula is C9H14N2O3S. The number of nitrogens with one attached hydrogen (secondary N) is 2. The summed E-state index contributed by atoms with van der Waals surface area (Å²) in [5.74, 6) is 0. The van der Waals surface area contributed by atoms with Gasteiger partial charge in [0.25, 0.3) is 0 Å². The Balaban J connectivity index is 2.65. The molecule has 0 fully saturated rings. The fourth-order valence-corrected chi connectivity index (χ4v) is 1.97. The van der Waals surface area contributed by atoms with Crippen LogP contribution in [0, 0.1) is 13.8 Å². The van der Waals surface area contributed by atoms with Gasteiger partial charge >= 0.3 is 0 Å². The minimum atomic E-state index is -1.59. The molecular weight excluding hydrogens is 216 g/mol. The molecule has 6 heteroatoms. The molecule has 0 heterocycles. The molecule has 0 aliphatic rings. The van der Waals surface area contributed by atoms with E-state index in [2.05, 4.69) is 11.0 Å². The minimum absolute atomic E-state index is 0.302. The molecule has 0 amide bonds. The second kappa shape index (κ2) is 5.94. The Morgan fingerprint density at radius 2 is 1.93 bits per heavy atom. The number of aryl methyl sites for hydroxylation is 2. The van der Waals surface area contributed by atoms with Crippen LogP contribution in [0.4, 0.5) is 0 Å². The van der Waals surface area contributed by atoms with Crippen LogP contribution in [0.15, 0.2) is 23.1 Å². The number of benzene rings is 1. The van der Waals surface area contributed by atoms with E-state index in [0.717, 1.165) is 11.1 Å². The average Bonchev–Trinajstić information content (AvgIpc) is 2.16. The van der Waals surface area contributed by atoms with E-state index in [9.17, 15) is 4.21 Å². The van der Waals surface area contributed by atoms with Crippen LogP contribution in [0.1, 0.15) is 11.1 Å². The fraction of sp³-hybridized carbons (Fsp3) is 0.333. The van der Waals surface area contributed by atoms with Gasteiger partial charge in [0, 0.05) is 0 Å². The van der Waals surface area contributed by atoms with Gasteiger partial charge in [-0.15, -0.1) is 5.59 Å². The van der Waals surface area contributed by atoms with Crippen molar-refractivity contribution in [3.05, 3.63) is 29.3 Å². The Morgan fingerprint density at radius 1 is 1.33 bits per heavy atom. The number of aliphatic hydroxyl groups is 1. The van der Waals surface area contributed by atoms with Crippen LogP contribution >= 0.6 is 0 Å². The lowest BCUT2D eigenvalue weighted by Crippen LogP contribution is -2.33. The molecule has 0 aliphatic carbocycles. The van der Waals surface area contributed by atoms with Crippen LogP contribution in [0.25, 0.3) is 0 Å². The van der Waals surface area contributed by atoms with Crippen LogP contribution in [0.3, 0.4) is 0 Å². The number of rotatable bonds is 5. The summed E-state index contributed by atoms with van der Waals surface area (Å²) < 4.78 is 16.3. The lowest BCUT2D eigenvalue weighted by Gasteiger charge is -2.05. The van der Waals surface area contributed by atoms with E-state index in [-0.39, 0.29) is 6.73 Å². The van der Waals surface area contributed by atoms with Crippen LogP contribution in [-0.2, 0) is 15.4 Å². The van der Waals surface area contributed by atoms with Crippen molar-refractivity contribution in [1.82, 2.24) is 11.0 Å². The van der Waals surface area contributed by atoms with E-state index in [1.807, 2.05) is 19.9 Å². The molecule has 3 N–H and O–H groups in total. The zero-order chi connectivity index (χ0) is 11.3. The predicted molar refractivity (Wildman–Crippen MR) is 56.8 cm³/mol.